The zero-order chi connectivity index (χ0) is 30.7. The van der Waals surface area contributed by atoms with Gasteiger partial charge in [0.1, 0.15) is 37.9 Å². The van der Waals surface area contributed by atoms with Crippen LogP contribution in [0.2, 0.25) is 0 Å². The Hall–Kier alpha value is -5.00. The Morgan fingerprint density at radius 3 is 1.79 bits per heavy atom. The molecule has 0 aliphatic rings. The molecular formula is C30H36N2O10. The second-order valence-electron chi connectivity index (χ2n) is 8.94. The van der Waals surface area contributed by atoms with Crippen molar-refractivity contribution in [3.05, 3.63) is 85.5 Å². The number of esters is 2. The van der Waals surface area contributed by atoms with Crippen LogP contribution in [-0.2, 0) is 28.5 Å². The lowest BCUT2D eigenvalue weighted by Crippen LogP contribution is -2.45. The Labute approximate surface area is 244 Å². The second-order valence-corrected chi connectivity index (χ2v) is 8.94. The number of para-hydroxylation sites is 2. The van der Waals surface area contributed by atoms with E-state index in [0.717, 1.165) is 6.08 Å². The van der Waals surface area contributed by atoms with E-state index in [9.17, 15) is 19.2 Å². The Bertz CT molecular complexity index is 1170. The fourth-order valence-electron chi connectivity index (χ4n) is 3.04. The Balaban J connectivity index is 1.84. The molecule has 2 aromatic carbocycles. The predicted octanol–water partition coefficient (Wildman–Crippen LogP) is 3.57. The average molecular weight is 585 g/mol. The first-order valence-corrected chi connectivity index (χ1v) is 13.1. The van der Waals surface area contributed by atoms with Gasteiger partial charge in [0.05, 0.1) is 0 Å². The van der Waals surface area contributed by atoms with E-state index < -0.39 is 42.4 Å². The van der Waals surface area contributed by atoms with Crippen LogP contribution in [0.5, 0.6) is 11.5 Å². The van der Waals surface area contributed by atoms with Gasteiger partial charge in [-0.2, -0.15) is 0 Å². The molecule has 0 aliphatic heterocycles. The highest BCUT2D eigenvalue weighted by Crippen LogP contribution is 2.11. The molecule has 12 heteroatoms. The summed E-state index contributed by atoms with van der Waals surface area (Å²) in [7, 11) is 0. The molecule has 3 atom stereocenters. The lowest BCUT2D eigenvalue weighted by molar-refractivity contribution is -0.142. The van der Waals surface area contributed by atoms with Crippen LogP contribution in [0.15, 0.2) is 85.5 Å². The Morgan fingerprint density at radius 2 is 1.29 bits per heavy atom. The molecule has 0 radical (unpaired) electrons. The van der Waals surface area contributed by atoms with E-state index in [0.29, 0.717) is 11.5 Å². The zero-order valence-electron chi connectivity index (χ0n) is 23.6. The van der Waals surface area contributed by atoms with Crippen molar-refractivity contribution in [2.45, 2.75) is 32.1 Å². The van der Waals surface area contributed by atoms with Gasteiger partial charge in [-0.25, -0.2) is 19.2 Å². The number of nitrogens with one attached hydrogen (secondary N) is 2. The summed E-state index contributed by atoms with van der Waals surface area (Å²) >= 11 is 0. The molecule has 0 aliphatic carbocycles. The maximum absolute atomic E-state index is 12.5. The van der Waals surface area contributed by atoms with Crippen molar-refractivity contribution < 1.29 is 47.6 Å². The van der Waals surface area contributed by atoms with E-state index in [2.05, 4.69) is 23.8 Å². The van der Waals surface area contributed by atoms with E-state index in [1.54, 1.807) is 55.5 Å². The van der Waals surface area contributed by atoms with Crippen molar-refractivity contribution in [2.24, 2.45) is 0 Å². The van der Waals surface area contributed by atoms with Gasteiger partial charge in [0.25, 0.3) is 0 Å². The number of carbonyl (C=O) groups excluding carboxylic acids is 4. The Morgan fingerprint density at radius 1 is 0.786 bits per heavy atom. The first kappa shape index (κ1) is 33.2. The van der Waals surface area contributed by atoms with Gasteiger partial charge in [0.15, 0.2) is 12.2 Å². The number of rotatable bonds is 17. The van der Waals surface area contributed by atoms with Crippen molar-refractivity contribution >= 4 is 24.1 Å². The molecular weight excluding hydrogens is 548 g/mol. The zero-order valence-corrected chi connectivity index (χ0v) is 23.6. The van der Waals surface area contributed by atoms with Crippen LogP contribution in [-0.4, -0.2) is 75.3 Å². The van der Waals surface area contributed by atoms with E-state index in [1.807, 2.05) is 12.1 Å². The molecule has 226 valence electrons. The molecule has 0 saturated heterocycles. The second kappa shape index (κ2) is 18.4. The molecule has 0 saturated carbocycles. The van der Waals surface area contributed by atoms with Crippen LogP contribution >= 0.6 is 0 Å². The molecule has 0 bridgehead atoms. The standard InChI is InChI=1S/C30H36N2O10/c1-5-27(33)39-19-25(17-37-23-12-8-6-9-13-23)41-29(35)31-16-22(4)32-30(36)42-26(20-40-28(34)21(2)3)18-38-24-14-10-7-11-15-24/h5-15,22,25-26H,1-2,16-20H2,3-4H3,(H,31,35)(H,32,36). The van der Waals surface area contributed by atoms with Gasteiger partial charge in [-0.1, -0.05) is 49.6 Å². The van der Waals surface area contributed by atoms with Crippen molar-refractivity contribution in [3.63, 3.8) is 0 Å². The van der Waals surface area contributed by atoms with Crippen molar-refractivity contribution in [1.82, 2.24) is 10.6 Å². The summed E-state index contributed by atoms with van der Waals surface area (Å²) < 4.78 is 32.1. The van der Waals surface area contributed by atoms with Crippen molar-refractivity contribution in [3.8, 4) is 11.5 Å². The molecule has 2 amide bonds. The smallest absolute Gasteiger partial charge is 0.407 e. The van der Waals surface area contributed by atoms with Crippen molar-refractivity contribution in [2.75, 3.05) is 33.0 Å². The number of amides is 2. The molecule has 3 unspecified atom stereocenters. The molecule has 2 N–H and O–H groups in total. The first-order chi connectivity index (χ1) is 20.2. The van der Waals surface area contributed by atoms with Gasteiger partial charge in [0.2, 0.25) is 0 Å². The third-order valence-corrected chi connectivity index (χ3v) is 5.15. The number of ether oxygens (including phenoxy) is 6. The van der Waals surface area contributed by atoms with Crippen LogP contribution in [0.4, 0.5) is 9.59 Å². The van der Waals surface area contributed by atoms with Crippen molar-refractivity contribution in [1.29, 1.82) is 0 Å². The molecule has 0 heterocycles. The third-order valence-electron chi connectivity index (χ3n) is 5.15. The molecule has 0 spiro atoms. The van der Waals surface area contributed by atoms with E-state index in [-0.39, 0.29) is 38.5 Å². The van der Waals surface area contributed by atoms with Gasteiger partial charge in [-0.15, -0.1) is 0 Å². The van der Waals surface area contributed by atoms with Gasteiger partial charge < -0.3 is 39.1 Å². The highest BCUT2D eigenvalue weighted by Gasteiger charge is 2.21. The molecule has 2 aromatic rings. The minimum Gasteiger partial charge on any atom is -0.490 e. The summed E-state index contributed by atoms with van der Waals surface area (Å²) in [5.41, 5.74) is 0.196. The number of alkyl carbamates (subject to hydrolysis) is 2. The fraction of sp³-hybridized carbons (Fsp3) is 0.333. The summed E-state index contributed by atoms with van der Waals surface area (Å²) in [4.78, 5) is 48.2. The SMILES string of the molecule is C=CC(=O)OCC(COc1ccccc1)OC(=O)NCC(C)NC(=O)OC(COC(=O)C(=C)C)COc1ccccc1. The highest BCUT2D eigenvalue weighted by atomic mass is 16.6. The van der Waals surface area contributed by atoms with Crippen LogP contribution in [0.1, 0.15) is 13.8 Å². The molecule has 0 aromatic heterocycles. The summed E-state index contributed by atoms with van der Waals surface area (Å²) in [6.07, 6.45) is -2.51. The van der Waals surface area contributed by atoms with E-state index in [4.69, 9.17) is 28.4 Å². The predicted molar refractivity (Wildman–Crippen MR) is 152 cm³/mol. The average Bonchev–Trinajstić information content (AvgIpc) is 2.99. The first-order valence-electron chi connectivity index (χ1n) is 13.1. The number of benzene rings is 2. The van der Waals surface area contributed by atoms with Crippen LogP contribution in [0.25, 0.3) is 0 Å². The fourth-order valence-corrected chi connectivity index (χ4v) is 3.04. The minimum atomic E-state index is -0.928. The number of carbonyl (C=O) groups is 4. The number of hydrogen-bond donors (Lipinski definition) is 2. The maximum Gasteiger partial charge on any atom is 0.407 e. The molecule has 42 heavy (non-hydrogen) atoms. The molecule has 2 rings (SSSR count). The largest absolute Gasteiger partial charge is 0.490 e. The normalized spacial score (nSPS) is 12.3. The van der Waals surface area contributed by atoms with E-state index >= 15 is 0 Å². The monoisotopic (exact) mass is 584 g/mol. The summed E-state index contributed by atoms with van der Waals surface area (Å²) in [5, 5.41) is 5.09. The van der Waals surface area contributed by atoms with Crippen LogP contribution in [0.3, 0.4) is 0 Å². The van der Waals surface area contributed by atoms with Gasteiger partial charge in [-0.3, -0.25) is 0 Å². The topological polar surface area (TPSA) is 148 Å². The van der Waals surface area contributed by atoms with Gasteiger partial charge in [0, 0.05) is 24.2 Å². The lowest BCUT2D eigenvalue weighted by atomic mass is 10.3. The summed E-state index contributed by atoms with van der Waals surface area (Å²) in [5.74, 6) is -0.228. The summed E-state index contributed by atoms with van der Waals surface area (Å²) in [6.45, 7) is 9.28. The maximum atomic E-state index is 12.5. The van der Waals surface area contributed by atoms with Crippen LogP contribution in [0, 0.1) is 0 Å². The number of hydrogen-bond acceptors (Lipinski definition) is 10. The van der Waals surface area contributed by atoms with Gasteiger partial charge in [-0.05, 0) is 38.1 Å². The summed E-state index contributed by atoms with van der Waals surface area (Å²) in [6, 6.07) is 17.1. The highest BCUT2D eigenvalue weighted by molar-refractivity contribution is 5.87. The van der Waals surface area contributed by atoms with Gasteiger partial charge >= 0.3 is 24.1 Å². The van der Waals surface area contributed by atoms with Crippen LogP contribution < -0.4 is 20.1 Å². The molecule has 12 nitrogen and oxygen atoms in total. The third kappa shape index (κ3) is 13.9. The van der Waals surface area contributed by atoms with E-state index in [1.165, 1.54) is 6.92 Å². The Kier molecular flexibility index (Phi) is 14.5. The minimum absolute atomic E-state index is 0.0253. The molecule has 0 fully saturated rings. The lowest BCUT2D eigenvalue weighted by Gasteiger charge is -2.21. The quantitative estimate of drug-likeness (QED) is 0.161.